The molecule has 2 heterocycles. The maximum atomic E-state index is 5.73. The van der Waals surface area contributed by atoms with Gasteiger partial charge in [-0.1, -0.05) is 35.9 Å². The van der Waals surface area contributed by atoms with Gasteiger partial charge in [0.25, 0.3) is 0 Å². The van der Waals surface area contributed by atoms with Crippen LogP contribution in [0, 0.1) is 13.8 Å². The molecule has 0 saturated heterocycles. The number of nitrogens with zero attached hydrogens (tertiary/aromatic N) is 2. The van der Waals surface area contributed by atoms with Crippen molar-refractivity contribution in [1.82, 2.24) is 9.47 Å². The summed E-state index contributed by atoms with van der Waals surface area (Å²) in [4.78, 5) is 2.63. The summed E-state index contributed by atoms with van der Waals surface area (Å²) in [6, 6.07) is 20.1. The summed E-state index contributed by atoms with van der Waals surface area (Å²) in [5, 5.41) is 0. The fraction of sp³-hybridized carbons (Fsp3) is 0.360. The Morgan fingerprint density at radius 2 is 1.89 bits per heavy atom. The first-order valence-electron chi connectivity index (χ1n) is 10.3. The molecule has 1 aromatic heterocycles. The van der Waals surface area contributed by atoms with Crippen LogP contribution in [0.2, 0.25) is 0 Å². The molecule has 2 aromatic carbocycles. The topological polar surface area (TPSA) is 17.4 Å². The van der Waals surface area contributed by atoms with Gasteiger partial charge in [-0.15, -0.1) is 0 Å². The zero-order valence-electron chi connectivity index (χ0n) is 17.2. The van der Waals surface area contributed by atoms with E-state index in [0.29, 0.717) is 6.61 Å². The van der Waals surface area contributed by atoms with Crippen LogP contribution in [-0.4, -0.2) is 22.6 Å². The summed E-state index contributed by atoms with van der Waals surface area (Å²) in [6.07, 6.45) is 3.39. The van der Waals surface area contributed by atoms with E-state index in [1.54, 1.807) is 0 Å². The summed E-state index contributed by atoms with van der Waals surface area (Å²) in [5.74, 6) is 0.960. The van der Waals surface area contributed by atoms with E-state index in [4.69, 9.17) is 4.74 Å². The second-order valence-corrected chi connectivity index (χ2v) is 7.79. The lowest BCUT2D eigenvalue weighted by Gasteiger charge is -2.32. The third kappa shape index (κ3) is 3.85. The van der Waals surface area contributed by atoms with Crippen LogP contribution in [0.5, 0.6) is 5.75 Å². The average Bonchev–Trinajstić information content (AvgIpc) is 3.07. The average molecular weight is 375 g/mol. The Balaban J connectivity index is 1.74. The predicted octanol–water partition coefficient (Wildman–Crippen LogP) is 5.50. The van der Waals surface area contributed by atoms with Crippen molar-refractivity contribution in [3.63, 3.8) is 0 Å². The molecule has 1 aliphatic rings. The summed E-state index contributed by atoms with van der Waals surface area (Å²) in [7, 11) is 0. The highest BCUT2D eigenvalue weighted by atomic mass is 16.5. The highest BCUT2D eigenvalue weighted by molar-refractivity contribution is 5.39. The van der Waals surface area contributed by atoms with Crippen LogP contribution < -0.4 is 4.74 Å². The smallest absolute Gasteiger partial charge is 0.119 e. The molecule has 1 unspecified atom stereocenters. The molecule has 146 valence electrons. The lowest BCUT2D eigenvalue weighted by Crippen LogP contribution is -2.30. The second-order valence-electron chi connectivity index (χ2n) is 7.79. The van der Waals surface area contributed by atoms with Crippen LogP contribution in [0.25, 0.3) is 0 Å². The van der Waals surface area contributed by atoms with E-state index >= 15 is 0 Å². The molecule has 0 spiro atoms. The van der Waals surface area contributed by atoms with Gasteiger partial charge in [-0.25, -0.2) is 0 Å². The molecule has 0 bridgehead atoms. The fourth-order valence-electron chi connectivity index (χ4n) is 4.36. The summed E-state index contributed by atoms with van der Waals surface area (Å²) in [5.41, 5.74) is 6.80. The van der Waals surface area contributed by atoms with E-state index in [1.807, 2.05) is 13.0 Å². The van der Waals surface area contributed by atoms with Crippen molar-refractivity contribution in [2.75, 3.05) is 13.2 Å². The van der Waals surface area contributed by atoms with Crippen LogP contribution in [0.15, 0.2) is 60.8 Å². The molecule has 3 nitrogen and oxygen atoms in total. The Hall–Kier alpha value is -2.52. The number of fused-ring (bicyclic) bond motifs is 1. The van der Waals surface area contributed by atoms with Gasteiger partial charge < -0.3 is 9.30 Å². The van der Waals surface area contributed by atoms with E-state index < -0.39 is 0 Å². The van der Waals surface area contributed by atoms with E-state index in [2.05, 4.69) is 78.0 Å². The number of benzene rings is 2. The Labute approximate surface area is 168 Å². The van der Waals surface area contributed by atoms with E-state index in [-0.39, 0.29) is 6.04 Å². The first-order chi connectivity index (χ1) is 13.7. The van der Waals surface area contributed by atoms with E-state index in [1.165, 1.54) is 27.9 Å². The summed E-state index contributed by atoms with van der Waals surface area (Å²) in [6.45, 7) is 10.2. The molecule has 0 N–H and O–H groups in total. The van der Waals surface area contributed by atoms with Crippen LogP contribution in [0.4, 0.5) is 0 Å². The molecular weight excluding hydrogens is 344 g/mol. The van der Waals surface area contributed by atoms with Gasteiger partial charge in [0.2, 0.25) is 0 Å². The van der Waals surface area contributed by atoms with E-state index in [9.17, 15) is 0 Å². The van der Waals surface area contributed by atoms with Gasteiger partial charge in [-0.3, -0.25) is 4.90 Å². The van der Waals surface area contributed by atoms with Crippen molar-refractivity contribution in [2.45, 2.75) is 46.3 Å². The highest BCUT2D eigenvalue weighted by Gasteiger charge is 2.28. The first kappa shape index (κ1) is 18.8. The van der Waals surface area contributed by atoms with Crippen molar-refractivity contribution in [2.24, 2.45) is 0 Å². The molecule has 3 aromatic rings. The molecule has 1 aliphatic heterocycles. The van der Waals surface area contributed by atoms with Crippen LogP contribution in [-0.2, 0) is 13.1 Å². The van der Waals surface area contributed by atoms with Gasteiger partial charge in [0.1, 0.15) is 5.75 Å². The maximum absolute atomic E-state index is 5.73. The van der Waals surface area contributed by atoms with Crippen molar-refractivity contribution in [3.8, 4) is 5.75 Å². The zero-order chi connectivity index (χ0) is 19.5. The van der Waals surface area contributed by atoms with Crippen molar-refractivity contribution < 1.29 is 4.74 Å². The number of ether oxygens (including phenoxy) is 1. The lowest BCUT2D eigenvalue weighted by molar-refractivity contribution is 0.219. The SMILES string of the molecule is CCOc1cccc(CN2CCCn3cccc3C2c2cc(C)ccc2C)c1. The molecule has 3 heteroatoms. The normalized spacial score (nSPS) is 17.2. The third-order valence-corrected chi connectivity index (χ3v) is 5.68. The maximum Gasteiger partial charge on any atom is 0.119 e. The van der Waals surface area contributed by atoms with Gasteiger partial charge in [0, 0.05) is 31.5 Å². The minimum Gasteiger partial charge on any atom is -0.494 e. The molecular formula is C25H30N2O. The monoisotopic (exact) mass is 374 g/mol. The molecule has 1 atom stereocenters. The van der Waals surface area contributed by atoms with Crippen LogP contribution >= 0.6 is 0 Å². The largest absolute Gasteiger partial charge is 0.494 e. The Morgan fingerprint density at radius 1 is 1.00 bits per heavy atom. The fourth-order valence-corrected chi connectivity index (χ4v) is 4.36. The van der Waals surface area contributed by atoms with Gasteiger partial charge in [-0.05, 0) is 68.1 Å². The lowest BCUT2D eigenvalue weighted by atomic mass is 9.95. The summed E-state index contributed by atoms with van der Waals surface area (Å²) >= 11 is 0. The molecule has 0 fully saturated rings. The van der Waals surface area contributed by atoms with Gasteiger partial charge in [-0.2, -0.15) is 0 Å². The zero-order valence-corrected chi connectivity index (χ0v) is 17.2. The standard InChI is InChI=1S/C25H30N2O/c1-4-28-22-9-5-8-21(17-22)18-27-15-7-14-26-13-6-10-24(26)25(27)23-16-19(2)11-12-20(23)3/h5-6,8-13,16-17,25H,4,7,14-15,18H2,1-3H3. The van der Waals surface area contributed by atoms with Crippen molar-refractivity contribution >= 4 is 0 Å². The highest BCUT2D eigenvalue weighted by Crippen LogP contribution is 2.35. The minimum atomic E-state index is 0.271. The molecule has 4 rings (SSSR count). The van der Waals surface area contributed by atoms with Crippen molar-refractivity contribution in [3.05, 3.63) is 88.7 Å². The Kier molecular flexibility index (Phi) is 5.54. The summed E-state index contributed by atoms with van der Waals surface area (Å²) < 4.78 is 8.16. The van der Waals surface area contributed by atoms with Crippen molar-refractivity contribution in [1.29, 1.82) is 0 Å². The molecule has 0 amide bonds. The molecule has 0 aliphatic carbocycles. The number of aromatic nitrogens is 1. The van der Waals surface area contributed by atoms with Gasteiger partial charge >= 0.3 is 0 Å². The van der Waals surface area contributed by atoms with Crippen LogP contribution in [0.1, 0.15) is 47.3 Å². The number of hydrogen-bond acceptors (Lipinski definition) is 2. The minimum absolute atomic E-state index is 0.271. The molecule has 28 heavy (non-hydrogen) atoms. The second kappa shape index (κ2) is 8.24. The Morgan fingerprint density at radius 3 is 2.75 bits per heavy atom. The van der Waals surface area contributed by atoms with Crippen LogP contribution in [0.3, 0.4) is 0 Å². The van der Waals surface area contributed by atoms with E-state index in [0.717, 1.165) is 31.8 Å². The Bertz CT molecular complexity index is 943. The number of hydrogen-bond donors (Lipinski definition) is 0. The number of aryl methyl sites for hydroxylation is 3. The molecule has 0 radical (unpaired) electrons. The number of rotatable bonds is 5. The van der Waals surface area contributed by atoms with Gasteiger partial charge in [0.15, 0.2) is 0 Å². The third-order valence-electron chi connectivity index (χ3n) is 5.68. The predicted molar refractivity (Wildman–Crippen MR) is 115 cm³/mol. The first-order valence-corrected chi connectivity index (χ1v) is 10.3. The quantitative estimate of drug-likeness (QED) is 0.587. The molecule has 0 saturated carbocycles. The van der Waals surface area contributed by atoms with Gasteiger partial charge in [0.05, 0.1) is 12.6 Å².